The molecule has 0 saturated carbocycles. The summed E-state index contributed by atoms with van der Waals surface area (Å²) < 4.78 is 11.4. The van der Waals surface area contributed by atoms with Gasteiger partial charge in [0.15, 0.2) is 5.82 Å². The Balaban J connectivity index is 1.42. The first-order chi connectivity index (χ1) is 15.8. The van der Waals surface area contributed by atoms with Crippen LogP contribution >= 0.6 is 0 Å². The summed E-state index contributed by atoms with van der Waals surface area (Å²) in [6.07, 6.45) is 1.75. The van der Waals surface area contributed by atoms with E-state index in [4.69, 9.17) is 9.47 Å². The Labute approximate surface area is 188 Å². The zero-order valence-corrected chi connectivity index (χ0v) is 18.3. The first-order valence-electron chi connectivity index (χ1n) is 10.8. The Bertz CT molecular complexity index is 1020. The van der Waals surface area contributed by atoms with Crippen molar-refractivity contribution in [2.75, 3.05) is 49.7 Å². The van der Waals surface area contributed by atoms with Gasteiger partial charge in [-0.3, -0.25) is 0 Å². The van der Waals surface area contributed by atoms with Gasteiger partial charge in [-0.05, 0) is 24.6 Å². The molecule has 0 amide bonds. The van der Waals surface area contributed by atoms with Crippen LogP contribution in [0.4, 0.5) is 17.3 Å². The Hall–Kier alpha value is -3.52. The van der Waals surface area contributed by atoms with Gasteiger partial charge in [0.25, 0.3) is 0 Å². The molecule has 1 N–H and O–H groups in total. The summed E-state index contributed by atoms with van der Waals surface area (Å²) in [5, 5.41) is 12.0. The number of aryl methyl sites for hydroxylation is 1. The van der Waals surface area contributed by atoms with Crippen molar-refractivity contribution < 1.29 is 9.47 Å². The SMILES string of the molecule is Cc1cccc(CN=Nc2cc(N3CCOCC3)cc(OCCNc3ccccn3)n2)c1. The molecule has 2 aromatic heterocycles. The van der Waals surface area contributed by atoms with Crippen molar-refractivity contribution >= 4 is 17.3 Å². The number of anilines is 2. The Morgan fingerprint density at radius 2 is 2.00 bits per heavy atom. The van der Waals surface area contributed by atoms with Crippen molar-refractivity contribution in [1.29, 1.82) is 0 Å². The highest BCUT2D eigenvalue weighted by Crippen LogP contribution is 2.26. The summed E-state index contributed by atoms with van der Waals surface area (Å²) in [5.74, 6) is 1.88. The fourth-order valence-corrected chi connectivity index (χ4v) is 3.41. The molecule has 1 aromatic carbocycles. The quantitative estimate of drug-likeness (QED) is 0.399. The smallest absolute Gasteiger partial charge is 0.217 e. The molecular weight excluding hydrogens is 404 g/mol. The number of hydrogen-bond acceptors (Lipinski definition) is 8. The van der Waals surface area contributed by atoms with Gasteiger partial charge in [0.2, 0.25) is 5.88 Å². The van der Waals surface area contributed by atoms with E-state index < -0.39 is 0 Å². The molecular formula is C24H28N6O2. The van der Waals surface area contributed by atoms with E-state index in [1.54, 1.807) is 6.20 Å². The second-order valence-electron chi connectivity index (χ2n) is 7.50. The van der Waals surface area contributed by atoms with Crippen LogP contribution in [-0.2, 0) is 11.3 Å². The van der Waals surface area contributed by atoms with E-state index in [0.717, 1.165) is 30.2 Å². The average molecular weight is 433 g/mol. The van der Waals surface area contributed by atoms with Gasteiger partial charge in [-0.2, -0.15) is 10.1 Å². The van der Waals surface area contributed by atoms with Crippen molar-refractivity contribution in [3.05, 3.63) is 71.9 Å². The third-order valence-electron chi connectivity index (χ3n) is 4.98. The molecule has 166 valence electrons. The number of benzene rings is 1. The van der Waals surface area contributed by atoms with Gasteiger partial charge >= 0.3 is 0 Å². The molecule has 0 unspecified atom stereocenters. The van der Waals surface area contributed by atoms with Gasteiger partial charge in [-0.25, -0.2) is 4.98 Å². The topological polar surface area (TPSA) is 84.2 Å². The van der Waals surface area contributed by atoms with Crippen LogP contribution < -0.4 is 15.0 Å². The number of ether oxygens (including phenoxy) is 2. The highest BCUT2D eigenvalue weighted by Gasteiger charge is 2.14. The Morgan fingerprint density at radius 1 is 1.09 bits per heavy atom. The van der Waals surface area contributed by atoms with E-state index in [2.05, 4.69) is 49.5 Å². The molecule has 8 nitrogen and oxygen atoms in total. The lowest BCUT2D eigenvalue weighted by molar-refractivity contribution is 0.122. The lowest BCUT2D eigenvalue weighted by Crippen LogP contribution is -2.36. The summed E-state index contributed by atoms with van der Waals surface area (Å²) >= 11 is 0. The van der Waals surface area contributed by atoms with E-state index in [9.17, 15) is 0 Å². The summed E-state index contributed by atoms with van der Waals surface area (Å²) in [6.45, 7) is 6.71. The van der Waals surface area contributed by atoms with Crippen LogP contribution in [-0.4, -0.2) is 49.4 Å². The van der Waals surface area contributed by atoms with Crippen molar-refractivity contribution in [2.45, 2.75) is 13.5 Å². The number of nitrogens with one attached hydrogen (secondary N) is 1. The molecule has 8 heteroatoms. The molecule has 0 bridgehead atoms. The molecule has 1 aliphatic heterocycles. The van der Waals surface area contributed by atoms with Crippen LogP contribution in [0.3, 0.4) is 0 Å². The van der Waals surface area contributed by atoms with E-state index >= 15 is 0 Å². The third-order valence-corrected chi connectivity index (χ3v) is 4.98. The normalized spacial score (nSPS) is 14.0. The van der Waals surface area contributed by atoms with Crippen LogP contribution in [0.25, 0.3) is 0 Å². The third kappa shape index (κ3) is 6.49. The second kappa shape index (κ2) is 11.2. The lowest BCUT2D eigenvalue weighted by Gasteiger charge is -2.29. The number of rotatable bonds is 9. The Kier molecular flexibility index (Phi) is 7.60. The lowest BCUT2D eigenvalue weighted by atomic mass is 10.1. The summed E-state index contributed by atoms with van der Waals surface area (Å²) in [6, 6.07) is 17.9. The number of azo groups is 1. The zero-order valence-electron chi connectivity index (χ0n) is 18.3. The monoisotopic (exact) mass is 432 g/mol. The van der Waals surface area contributed by atoms with Crippen molar-refractivity contribution in [2.24, 2.45) is 10.2 Å². The minimum Gasteiger partial charge on any atom is -0.476 e. The van der Waals surface area contributed by atoms with Crippen LogP contribution in [0.1, 0.15) is 11.1 Å². The van der Waals surface area contributed by atoms with Crippen molar-refractivity contribution in [1.82, 2.24) is 9.97 Å². The minimum atomic E-state index is 0.454. The number of morpholine rings is 1. The number of nitrogens with zero attached hydrogens (tertiary/aromatic N) is 5. The highest BCUT2D eigenvalue weighted by molar-refractivity contribution is 5.55. The average Bonchev–Trinajstić information content (AvgIpc) is 2.83. The first kappa shape index (κ1) is 21.7. The molecule has 0 radical (unpaired) electrons. The predicted molar refractivity (Wildman–Crippen MR) is 125 cm³/mol. The molecule has 4 rings (SSSR count). The molecule has 3 aromatic rings. The highest BCUT2D eigenvalue weighted by atomic mass is 16.5. The van der Waals surface area contributed by atoms with Crippen LogP contribution in [0.2, 0.25) is 0 Å². The minimum absolute atomic E-state index is 0.454. The van der Waals surface area contributed by atoms with Gasteiger partial charge in [0.1, 0.15) is 12.4 Å². The summed E-state index contributed by atoms with van der Waals surface area (Å²) in [7, 11) is 0. The van der Waals surface area contributed by atoms with E-state index in [1.807, 2.05) is 42.5 Å². The standard InChI is InChI=1S/C24H28N6O2/c1-19-5-4-6-20(15-19)18-27-29-23-16-21(30-10-13-31-14-11-30)17-24(28-23)32-12-9-26-22-7-2-3-8-25-22/h2-8,15-17H,9-14,18H2,1H3,(H,25,26). The van der Waals surface area contributed by atoms with Gasteiger partial charge in [-0.15, -0.1) is 5.11 Å². The largest absolute Gasteiger partial charge is 0.476 e. The van der Waals surface area contributed by atoms with Gasteiger partial charge in [0, 0.05) is 37.1 Å². The molecule has 0 spiro atoms. The number of hydrogen-bond donors (Lipinski definition) is 1. The van der Waals surface area contributed by atoms with Crippen LogP contribution in [0, 0.1) is 6.92 Å². The van der Waals surface area contributed by atoms with Gasteiger partial charge in [-0.1, -0.05) is 35.9 Å². The maximum atomic E-state index is 5.92. The maximum Gasteiger partial charge on any atom is 0.217 e. The van der Waals surface area contributed by atoms with Crippen LogP contribution in [0.15, 0.2) is 71.0 Å². The van der Waals surface area contributed by atoms with E-state index in [0.29, 0.717) is 44.6 Å². The van der Waals surface area contributed by atoms with Crippen LogP contribution in [0.5, 0.6) is 5.88 Å². The molecule has 1 saturated heterocycles. The molecule has 32 heavy (non-hydrogen) atoms. The second-order valence-corrected chi connectivity index (χ2v) is 7.50. The van der Waals surface area contributed by atoms with E-state index in [1.165, 1.54) is 5.56 Å². The van der Waals surface area contributed by atoms with Gasteiger partial charge < -0.3 is 19.7 Å². The van der Waals surface area contributed by atoms with E-state index in [-0.39, 0.29) is 0 Å². The summed E-state index contributed by atoms with van der Waals surface area (Å²) in [5.41, 5.74) is 3.34. The first-order valence-corrected chi connectivity index (χ1v) is 10.8. The zero-order chi connectivity index (χ0) is 22.0. The summed E-state index contributed by atoms with van der Waals surface area (Å²) in [4.78, 5) is 11.0. The molecule has 1 fully saturated rings. The predicted octanol–water partition coefficient (Wildman–Crippen LogP) is 4.40. The fourth-order valence-electron chi connectivity index (χ4n) is 3.41. The Morgan fingerprint density at radius 3 is 2.81 bits per heavy atom. The molecule has 0 atom stereocenters. The molecule has 0 aliphatic carbocycles. The number of aromatic nitrogens is 2. The van der Waals surface area contributed by atoms with Gasteiger partial charge in [0.05, 0.1) is 26.3 Å². The van der Waals surface area contributed by atoms with Crippen molar-refractivity contribution in [3.63, 3.8) is 0 Å². The number of pyridine rings is 2. The molecule has 1 aliphatic rings. The van der Waals surface area contributed by atoms with Crippen molar-refractivity contribution in [3.8, 4) is 5.88 Å². The fraction of sp³-hybridized carbons (Fsp3) is 0.333. The maximum absolute atomic E-state index is 5.92. The molecule has 3 heterocycles.